The molecule has 6 nitrogen and oxygen atoms in total. The van der Waals surface area contributed by atoms with Gasteiger partial charge >= 0.3 is 0 Å². The van der Waals surface area contributed by atoms with Gasteiger partial charge in [-0.2, -0.15) is 5.10 Å². The van der Waals surface area contributed by atoms with Crippen molar-refractivity contribution in [2.45, 2.75) is 17.1 Å². The van der Waals surface area contributed by atoms with Crippen LogP contribution in [0.15, 0.2) is 63.6 Å². The fourth-order valence-electron chi connectivity index (χ4n) is 2.29. The van der Waals surface area contributed by atoms with Crippen molar-refractivity contribution < 1.29 is 8.42 Å². The van der Waals surface area contributed by atoms with Crippen LogP contribution in [0.25, 0.3) is 10.6 Å². The molecule has 8 heteroatoms. The molecule has 2 heterocycles. The van der Waals surface area contributed by atoms with Crippen molar-refractivity contribution in [3.8, 4) is 10.6 Å². The van der Waals surface area contributed by atoms with Crippen LogP contribution in [0.4, 0.5) is 0 Å². The molecule has 0 radical (unpaired) electrons. The van der Waals surface area contributed by atoms with Crippen LogP contribution in [0.3, 0.4) is 0 Å². The summed E-state index contributed by atoms with van der Waals surface area (Å²) in [5.74, 6) is 0.0660. The SMILES string of the molecule is CC(CNS(=O)(=O)c1ccc(-c2ccc(=O)[nH]n2)s1)c1ccccc1. The lowest BCUT2D eigenvalue weighted by molar-refractivity contribution is 0.577. The van der Waals surface area contributed by atoms with Gasteiger partial charge in [-0.15, -0.1) is 11.3 Å². The lowest BCUT2D eigenvalue weighted by Gasteiger charge is -2.12. The molecule has 0 saturated carbocycles. The van der Waals surface area contributed by atoms with Gasteiger partial charge in [-0.3, -0.25) is 4.79 Å². The fraction of sp³-hybridized carbons (Fsp3) is 0.176. The third kappa shape index (κ3) is 4.22. The average molecular weight is 375 g/mol. The number of aromatic amines is 1. The summed E-state index contributed by atoms with van der Waals surface area (Å²) in [5.41, 5.74) is 1.31. The van der Waals surface area contributed by atoms with Gasteiger partial charge in [0.1, 0.15) is 9.90 Å². The lowest BCUT2D eigenvalue weighted by Crippen LogP contribution is -2.27. The highest BCUT2D eigenvalue weighted by molar-refractivity contribution is 7.91. The van der Waals surface area contributed by atoms with Crippen molar-refractivity contribution in [1.29, 1.82) is 0 Å². The Labute approximate surface area is 149 Å². The summed E-state index contributed by atoms with van der Waals surface area (Å²) in [5, 5.41) is 6.26. The second-order valence-corrected chi connectivity index (χ2v) is 8.67. The van der Waals surface area contributed by atoms with Crippen molar-refractivity contribution in [3.63, 3.8) is 0 Å². The number of H-pyrrole nitrogens is 1. The quantitative estimate of drug-likeness (QED) is 0.693. The molecular weight excluding hydrogens is 358 g/mol. The Bertz CT molecular complexity index is 990. The van der Waals surface area contributed by atoms with Crippen LogP contribution in [0, 0.1) is 0 Å². The minimum atomic E-state index is -3.59. The zero-order valence-electron chi connectivity index (χ0n) is 13.5. The maximum Gasteiger partial charge on any atom is 0.264 e. The molecule has 1 aromatic carbocycles. The van der Waals surface area contributed by atoms with E-state index in [9.17, 15) is 13.2 Å². The second kappa shape index (κ2) is 7.30. The summed E-state index contributed by atoms with van der Waals surface area (Å²) < 4.78 is 27.8. The van der Waals surface area contributed by atoms with Gasteiger partial charge in [0.15, 0.2) is 0 Å². The van der Waals surface area contributed by atoms with Gasteiger partial charge in [0.25, 0.3) is 5.56 Å². The molecule has 1 unspecified atom stereocenters. The number of thiophene rings is 1. The molecule has 0 fully saturated rings. The van der Waals surface area contributed by atoms with E-state index >= 15 is 0 Å². The van der Waals surface area contributed by atoms with Crippen molar-refractivity contribution in [2.24, 2.45) is 0 Å². The Hall–Kier alpha value is -2.29. The minimum absolute atomic E-state index is 0.0660. The lowest BCUT2D eigenvalue weighted by atomic mass is 10.0. The number of sulfonamides is 1. The van der Waals surface area contributed by atoms with E-state index in [1.165, 1.54) is 6.07 Å². The van der Waals surface area contributed by atoms with Gasteiger partial charge in [0.05, 0.1) is 4.88 Å². The number of rotatable bonds is 6. The van der Waals surface area contributed by atoms with Crippen molar-refractivity contribution >= 4 is 21.4 Å². The third-order valence-electron chi connectivity index (χ3n) is 3.73. The van der Waals surface area contributed by atoms with Crippen molar-refractivity contribution in [2.75, 3.05) is 6.54 Å². The summed E-state index contributed by atoms with van der Waals surface area (Å²) in [6.45, 7) is 2.29. The van der Waals surface area contributed by atoms with Crippen LogP contribution >= 0.6 is 11.3 Å². The summed E-state index contributed by atoms with van der Waals surface area (Å²) in [6.07, 6.45) is 0. The molecule has 130 valence electrons. The number of hydrogen-bond donors (Lipinski definition) is 2. The van der Waals surface area contributed by atoms with Gasteiger partial charge in [0.2, 0.25) is 10.0 Å². The molecule has 3 aromatic rings. The van der Waals surface area contributed by atoms with E-state index in [2.05, 4.69) is 14.9 Å². The molecule has 0 aliphatic rings. The van der Waals surface area contributed by atoms with Crippen LogP contribution < -0.4 is 10.3 Å². The Morgan fingerprint density at radius 3 is 2.56 bits per heavy atom. The van der Waals surface area contributed by atoms with E-state index in [1.54, 1.807) is 18.2 Å². The zero-order chi connectivity index (χ0) is 17.9. The van der Waals surface area contributed by atoms with Crippen LogP contribution in [0.1, 0.15) is 18.4 Å². The Morgan fingerprint density at radius 2 is 1.88 bits per heavy atom. The number of benzene rings is 1. The largest absolute Gasteiger partial charge is 0.268 e. The molecule has 0 amide bonds. The monoisotopic (exact) mass is 375 g/mol. The highest BCUT2D eigenvalue weighted by atomic mass is 32.2. The molecule has 0 saturated heterocycles. The van der Waals surface area contributed by atoms with E-state index in [-0.39, 0.29) is 15.7 Å². The van der Waals surface area contributed by atoms with Gasteiger partial charge in [0, 0.05) is 12.6 Å². The maximum atomic E-state index is 12.5. The Balaban J connectivity index is 1.72. The van der Waals surface area contributed by atoms with Gasteiger partial charge in [-0.25, -0.2) is 18.2 Å². The molecule has 0 bridgehead atoms. The Kier molecular flexibility index (Phi) is 5.12. The van der Waals surface area contributed by atoms with Crippen LogP contribution in [0.2, 0.25) is 0 Å². The second-order valence-electron chi connectivity index (χ2n) is 5.59. The predicted octanol–water partition coefficient (Wildman–Crippen LogP) is 2.58. The number of aromatic nitrogens is 2. The predicted molar refractivity (Wildman–Crippen MR) is 98.2 cm³/mol. The summed E-state index contributed by atoms with van der Waals surface area (Å²) >= 11 is 1.11. The molecule has 0 spiro atoms. The third-order valence-corrected chi connectivity index (χ3v) is 6.75. The maximum absolute atomic E-state index is 12.5. The summed E-state index contributed by atoms with van der Waals surface area (Å²) in [4.78, 5) is 11.7. The topological polar surface area (TPSA) is 91.9 Å². The average Bonchev–Trinajstić information content (AvgIpc) is 3.12. The molecule has 0 aliphatic heterocycles. The van der Waals surface area contributed by atoms with E-state index in [1.807, 2.05) is 37.3 Å². The van der Waals surface area contributed by atoms with E-state index in [0.717, 1.165) is 16.9 Å². The van der Waals surface area contributed by atoms with Crippen molar-refractivity contribution in [1.82, 2.24) is 14.9 Å². The molecule has 25 heavy (non-hydrogen) atoms. The summed E-state index contributed by atoms with van der Waals surface area (Å²) in [7, 11) is -3.59. The highest BCUT2D eigenvalue weighted by Gasteiger charge is 2.19. The minimum Gasteiger partial charge on any atom is -0.268 e. The summed E-state index contributed by atoms with van der Waals surface area (Å²) in [6, 6.07) is 15.9. The molecular formula is C17H17N3O3S2. The first-order valence-electron chi connectivity index (χ1n) is 7.66. The standard InChI is InChI=1S/C17H17N3O3S2/c1-12(13-5-3-2-4-6-13)11-18-25(22,23)17-10-8-15(24-17)14-7-9-16(21)20-19-14/h2-10,12,18H,11H2,1H3,(H,20,21). The highest BCUT2D eigenvalue weighted by Crippen LogP contribution is 2.29. The van der Waals surface area contributed by atoms with Gasteiger partial charge in [-0.1, -0.05) is 37.3 Å². The van der Waals surface area contributed by atoms with E-state index < -0.39 is 10.0 Å². The first-order valence-corrected chi connectivity index (χ1v) is 9.96. The normalized spacial score (nSPS) is 12.8. The van der Waals surface area contributed by atoms with E-state index in [4.69, 9.17) is 0 Å². The Morgan fingerprint density at radius 1 is 1.12 bits per heavy atom. The van der Waals surface area contributed by atoms with Crippen LogP contribution in [-0.4, -0.2) is 25.2 Å². The molecule has 2 aromatic heterocycles. The van der Waals surface area contributed by atoms with Crippen LogP contribution in [-0.2, 0) is 10.0 Å². The van der Waals surface area contributed by atoms with E-state index in [0.29, 0.717) is 17.1 Å². The molecule has 3 rings (SSSR count). The van der Waals surface area contributed by atoms with Gasteiger partial charge < -0.3 is 0 Å². The number of hydrogen-bond acceptors (Lipinski definition) is 5. The first-order chi connectivity index (χ1) is 12.0. The van der Waals surface area contributed by atoms with Crippen LogP contribution in [0.5, 0.6) is 0 Å². The molecule has 1 atom stereocenters. The zero-order valence-corrected chi connectivity index (χ0v) is 15.1. The first kappa shape index (κ1) is 17.5. The number of nitrogens with one attached hydrogen (secondary N) is 2. The fourth-order valence-corrected chi connectivity index (χ4v) is 4.74. The smallest absolute Gasteiger partial charge is 0.264 e. The number of nitrogens with zero attached hydrogens (tertiary/aromatic N) is 1. The molecule has 0 aliphatic carbocycles. The van der Waals surface area contributed by atoms with Gasteiger partial charge in [-0.05, 0) is 29.7 Å². The molecule has 2 N–H and O–H groups in total. The van der Waals surface area contributed by atoms with Crippen molar-refractivity contribution in [3.05, 3.63) is 70.5 Å².